The van der Waals surface area contributed by atoms with Crippen molar-refractivity contribution in [1.29, 1.82) is 0 Å². The van der Waals surface area contributed by atoms with E-state index in [0.29, 0.717) is 32.9 Å². The van der Waals surface area contributed by atoms with E-state index in [9.17, 15) is 9.59 Å². The molecule has 0 aliphatic carbocycles. The van der Waals surface area contributed by atoms with Gasteiger partial charge in [0, 0.05) is 16.3 Å². The summed E-state index contributed by atoms with van der Waals surface area (Å²) in [7, 11) is 0. The fourth-order valence-electron chi connectivity index (χ4n) is 2.81. The van der Waals surface area contributed by atoms with Crippen LogP contribution in [0.15, 0.2) is 77.3 Å². The standard InChI is InChI=1S/C22H15ClN2O4/c23-16-7-9-17(10-8-16)24-20(26)13-28-22(27)15-6-11-19-18(12-15)21(29-25-19)14-4-2-1-3-5-14/h1-12H,13H2,(H,24,26). The van der Waals surface area contributed by atoms with Gasteiger partial charge < -0.3 is 14.6 Å². The summed E-state index contributed by atoms with van der Waals surface area (Å²) in [6.45, 7) is -0.408. The molecule has 144 valence electrons. The van der Waals surface area contributed by atoms with Crippen LogP contribution in [0.3, 0.4) is 0 Å². The summed E-state index contributed by atoms with van der Waals surface area (Å²) in [5.74, 6) is -0.495. The maximum absolute atomic E-state index is 12.4. The highest BCUT2D eigenvalue weighted by molar-refractivity contribution is 6.30. The smallest absolute Gasteiger partial charge is 0.338 e. The van der Waals surface area contributed by atoms with Gasteiger partial charge in [-0.25, -0.2) is 4.79 Å². The lowest BCUT2D eigenvalue weighted by molar-refractivity contribution is -0.119. The first kappa shape index (κ1) is 18.7. The largest absolute Gasteiger partial charge is 0.452 e. The summed E-state index contributed by atoms with van der Waals surface area (Å²) in [4.78, 5) is 24.4. The Balaban J connectivity index is 1.46. The van der Waals surface area contributed by atoms with Crippen LogP contribution in [-0.4, -0.2) is 23.6 Å². The number of carbonyl (C=O) groups excluding carboxylic acids is 2. The molecule has 0 bridgehead atoms. The topological polar surface area (TPSA) is 81.4 Å². The van der Waals surface area contributed by atoms with E-state index in [4.69, 9.17) is 20.9 Å². The maximum Gasteiger partial charge on any atom is 0.338 e. The number of hydrogen-bond donors (Lipinski definition) is 1. The van der Waals surface area contributed by atoms with E-state index in [1.807, 2.05) is 30.3 Å². The second-order valence-electron chi connectivity index (χ2n) is 6.24. The predicted octanol–water partition coefficient (Wildman–Crippen LogP) is 4.94. The van der Waals surface area contributed by atoms with E-state index >= 15 is 0 Å². The zero-order valence-electron chi connectivity index (χ0n) is 15.1. The zero-order valence-corrected chi connectivity index (χ0v) is 15.8. The Hall–Kier alpha value is -3.64. The Morgan fingerprint density at radius 2 is 1.76 bits per heavy atom. The van der Waals surface area contributed by atoms with Crippen LogP contribution >= 0.6 is 11.6 Å². The molecule has 0 spiro atoms. The number of nitrogens with one attached hydrogen (secondary N) is 1. The Labute approximate surface area is 171 Å². The van der Waals surface area contributed by atoms with Gasteiger partial charge in [-0.15, -0.1) is 0 Å². The first-order chi connectivity index (χ1) is 14.1. The molecule has 0 fully saturated rings. The number of benzene rings is 3. The van der Waals surface area contributed by atoms with Crippen LogP contribution in [0.2, 0.25) is 5.02 Å². The van der Waals surface area contributed by atoms with E-state index < -0.39 is 18.5 Å². The fraction of sp³-hybridized carbons (Fsp3) is 0.0455. The third-order valence-corrected chi connectivity index (χ3v) is 4.46. The van der Waals surface area contributed by atoms with Gasteiger partial charge in [-0.1, -0.05) is 47.1 Å². The highest BCUT2D eigenvalue weighted by Gasteiger charge is 2.15. The van der Waals surface area contributed by atoms with Crippen LogP contribution in [0.5, 0.6) is 0 Å². The summed E-state index contributed by atoms with van der Waals surface area (Å²) in [5.41, 5.74) is 2.34. The Morgan fingerprint density at radius 1 is 1.00 bits per heavy atom. The van der Waals surface area contributed by atoms with E-state index in [0.717, 1.165) is 5.56 Å². The number of ether oxygens (including phenoxy) is 1. The molecule has 1 amide bonds. The molecule has 0 saturated heterocycles. The van der Waals surface area contributed by atoms with Crippen molar-refractivity contribution in [2.24, 2.45) is 0 Å². The summed E-state index contributed by atoms with van der Waals surface area (Å²) >= 11 is 5.81. The number of esters is 1. The number of fused-ring (bicyclic) bond motifs is 1. The molecule has 6 nitrogen and oxygen atoms in total. The van der Waals surface area contributed by atoms with E-state index in [1.54, 1.807) is 42.5 Å². The quantitative estimate of drug-likeness (QED) is 0.474. The van der Waals surface area contributed by atoms with Crippen molar-refractivity contribution in [3.63, 3.8) is 0 Å². The SMILES string of the molecule is O=C(COC(=O)c1ccc2noc(-c3ccccc3)c2c1)Nc1ccc(Cl)cc1. The summed E-state index contributed by atoms with van der Waals surface area (Å²) < 4.78 is 10.6. The molecule has 4 aromatic rings. The minimum Gasteiger partial charge on any atom is -0.452 e. The van der Waals surface area contributed by atoms with Gasteiger partial charge in [-0.05, 0) is 42.5 Å². The average Bonchev–Trinajstić information content (AvgIpc) is 3.17. The molecule has 1 heterocycles. The lowest BCUT2D eigenvalue weighted by Crippen LogP contribution is -2.20. The average molecular weight is 407 g/mol. The summed E-state index contributed by atoms with van der Waals surface area (Å²) in [5, 5.41) is 7.91. The molecule has 0 aliphatic rings. The lowest BCUT2D eigenvalue weighted by atomic mass is 10.1. The predicted molar refractivity (Wildman–Crippen MR) is 110 cm³/mol. The molecule has 1 N–H and O–H groups in total. The number of aromatic nitrogens is 1. The van der Waals surface area contributed by atoms with Crippen LogP contribution in [-0.2, 0) is 9.53 Å². The van der Waals surface area contributed by atoms with Gasteiger partial charge in [0.1, 0.15) is 5.52 Å². The van der Waals surface area contributed by atoms with Crippen LogP contribution in [0.25, 0.3) is 22.2 Å². The first-order valence-corrected chi connectivity index (χ1v) is 9.15. The first-order valence-electron chi connectivity index (χ1n) is 8.77. The molecular formula is C22H15ClN2O4. The highest BCUT2D eigenvalue weighted by Crippen LogP contribution is 2.29. The van der Waals surface area contributed by atoms with Crippen molar-refractivity contribution >= 4 is 40.1 Å². The molecular weight excluding hydrogens is 392 g/mol. The van der Waals surface area contributed by atoms with Crippen LogP contribution in [0.4, 0.5) is 5.69 Å². The second kappa shape index (κ2) is 8.16. The zero-order chi connectivity index (χ0) is 20.2. The van der Waals surface area contributed by atoms with E-state index in [2.05, 4.69) is 10.5 Å². The molecule has 0 aliphatic heterocycles. The van der Waals surface area contributed by atoms with Gasteiger partial charge in [0.15, 0.2) is 12.4 Å². The van der Waals surface area contributed by atoms with Crippen molar-refractivity contribution in [3.05, 3.63) is 83.4 Å². The van der Waals surface area contributed by atoms with Gasteiger partial charge in [0.2, 0.25) is 0 Å². The molecule has 0 atom stereocenters. The fourth-order valence-corrected chi connectivity index (χ4v) is 2.94. The summed E-state index contributed by atoms with van der Waals surface area (Å²) in [6.07, 6.45) is 0. The Kier molecular flexibility index (Phi) is 5.27. The number of nitrogens with zero attached hydrogens (tertiary/aromatic N) is 1. The molecule has 1 aromatic heterocycles. The van der Waals surface area contributed by atoms with Gasteiger partial charge in [0.05, 0.1) is 10.9 Å². The number of rotatable bonds is 5. The van der Waals surface area contributed by atoms with E-state index in [1.165, 1.54) is 0 Å². The van der Waals surface area contributed by atoms with Crippen molar-refractivity contribution in [1.82, 2.24) is 5.16 Å². The molecule has 0 radical (unpaired) electrons. The van der Waals surface area contributed by atoms with Gasteiger partial charge in [-0.3, -0.25) is 4.79 Å². The third-order valence-electron chi connectivity index (χ3n) is 4.21. The van der Waals surface area contributed by atoms with Gasteiger partial charge >= 0.3 is 5.97 Å². The minimum atomic E-state index is -0.613. The van der Waals surface area contributed by atoms with Crippen molar-refractivity contribution < 1.29 is 18.8 Å². The van der Waals surface area contributed by atoms with Crippen LogP contribution in [0, 0.1) is 0 Å². The normalized spacial score (nSPS) is 10.7. The van der Waals surface area contributed by atoms with Gasteiger partial charge in [-0.2, -0.15) is 0 Å². The minimum absolute atomic E-state index is 0.303. The Morgan fingerprint density at radius 3 is 2.52 bits per heavy atom. The lowest BCUT2D eigenvalue weighted by Gasteiger charge is -2.07. The third kappa shape index (κ3) is 4.28. The molecule has 4 rings (SSSR count). The maximum atomic E-state index is 12.4. The Bertz CT molecular complexity index is 1170. The number of halogens is 1. The highest BCUT2D eigenvalue weighted by atomic mass is 35.5. The van der Waals surface area contributed by atoms with Crippen LogP contribution < -0.4 is 5.32 Å². The second-order valence-corrected chi connectivity index (χ2v) is 6.68. The van der Waals surface area contributed by atoms with Crippen molar-refractivity contribution in [2.45, 2.75) is 0 Å². The number of amides is 1. The van der Waals surface area contributed by atoms with E-state index in [-0.39, 0.29) is 0 Å². The number of carbonyl (C=O) groups is 2. The van der Waals surface area contributed by atoms with Crippen molar-refractivity contribution in [3.8, 4) is 11.3 Å². The molecule has 0 unspecified atom stereocenters. The molecule has 29 heavy (non-hydrogen) atoms. The number of hydrogen-bond acceptors (Lipinski definition) is 5. The summed E-state index contributed by atoms with van der Waals surface area (Å²) in [6, 6.07) is 21.0. The van der Waals surface area contributed by atoms with Gasteiger partial charge in [0.25, 0.3) is 5.91 Å². The number of anilines is 1. The molecule has 7 heteroatoms. The van der Waals surface area contributed by atoms with Crippen LogP contribution in [0.1, 0.15) is 10.4 Å². The monoisotopic (exact) mass is 406 g/mol. The molecule has 3 aromatic carbocycles. The molecule has 0 saturated carbocycles. The van der Waals surface area contributed by atoms with Crippen molar-refractivity contribution in [2.75, 3.05) is 11.9 Å².